The molecule has 1 heterocycles. The summed E-state index contributed by atoms with van der Waals surface area (Å²) in [6.07, 6.45) is 1.61. The molecule has 6 nitrogen and oxygen atoms in total. The number of urea groups is 1. The molecule has 134 valence electrons. The van der Waals surface area contributed by atoms with E-state index in [4.69, 9.17) is 9.47 Å². The summed E-state index contributed by atoms with van der Waals surface area (Å²) < 4.78 is 11.3. The van der Waals surface area contributed by atoms with Gasteiger partial charge in [-0.05, 0) is 44.5 Å². The summed E-state index contributed by atoms with van der Waals surface area (Å²) in [4.78, 5) is 18.1. The van der Waals surface area contributed by atoms with Crippen LogP contribution in [-0.2, 0) is 0 Å². The molecule has 0 spiro atoms. The van der Waals surface area contributed by atoms with E-state index < -0.39 is 0 Å². The monoisotopic (exact) mass is 343 g/mol. The first kappa shape index (κ1) is 18.6. The summed E-state index contributed by atoms with van der Waals surface area (Å²) in [6, 6.07) is 11.1. The van der Waals surface area contributed by atoms with Crippen LogP contribution in [0.3, 0.4) is 0 Å². The number of aromatic nitrogens is 1. The lowest BCUT2D eigenvalue weighted by atomic mass is 10.2. The Labute approximate surface area is 148 Å². The highest BCUT2D eigenvalue weighted by Gasteiger charge is 2.13. The first-order chi connectivity index (χ1) is 12.0. The Balaban J connectivity index is 1.87. The van der Waals surface area contributed by atoms with E-state index in [1.54, 1.807) is 30.3 Å². The molecule has 2 rings (SSSR count). The number of anilines is 1. The van der Waals surface area contributed by atoms with Gasteiger partial charge in [0.15, 0.2) is 0 Å². The predicted molar refractivity (Wildman–Crippen MR) is 98.3 cm³/mol. The molecule has 6 heteroatoms. The normalized spacial score (nSPS) is 10.4. The molecule has 2 aromatic rings. The molecule has 0 radical (unpaired) electrons. The molecular weight excluding hydrogens is 318 g/mol. The zero-order chi connectivity index (χ0) is 18.2. The molecule has 2 amide bonds. The van der Waals surface area contributed by atoms with Crippen molar-refractivity contribution in [3.63, 3.8) is 0 Å². The fourth-order valence-corrected chi connectivity index (χ4v) is 2.13. The van der Waals surface area contributed by atoms with Gasteiger partial charge in [-0.3, -0.25) is 0 Å². The van der Waals surface area contributed by atoms with Crippen molar-refractivity contribution >= 4 is 11.7 Å². The third-order valence-corrected chi connectivity index (χ3v) is 3.48. The van der Waals surface area contributed by atoms with Crippen LogP contribution in [0.5, 0.6) is 11.6 Å². The van der Waals surface area contributed by atoms with E-state index in [0.717, 1.165) is 11.3 Å². The van der Waals surface area contributed by atoms with E-state index in [0.29, 0.717) is 24.7 Å². The fraction of sp³-hybridized carbons (Fsp3) is 0.368. The highest BCUT2D eigenvalue weighted by molar-refractivity contribution is 5.90. The van der Waals surface area contributed by atoms with Crippen molar-refractivity contribution in [2.24, 2.45) is 0 Å². The standard InChI is InChI=1S/C19H25N3O3/c1-14(2)25-18-16(9-7-11-20-18)21-19(23)22(4)12-13-24-17-10-6-5-8-15(17)3/h5-11,14H,12-13H2,1-4H3,(H,21,23). The third kappa shape index (κ3) is 5.67. The van der Waals surface area contributed by atoms with Crippen LogP contribution >= 0.6 is 0 Å². The zero-order valence-electron chi connectivity index (χ0n) is 15.2. The van der Waals surface area contributed by atoms with Gasteiger partial charge < -0.3 is 19.7 Å². The van der Waals surface area contributed by atoms with Crippen molar-refractivity contribution in [3.05, 3.63) is 48.2 Å². The van der Waals surface area contributed by atoms with E-state index >= 15 is 0 Å². The molecule has 25 heavy (non-hydrogen) atoms. The van der Waals surface area contributed by atoms with Crippen LogP contribution in [0.25, 0.3) is 0 Å². The molecular formula is C19H25N3O3. The number of amides is 2. The van der Waals surface area contributed by atoms with Crippen LogP contribution in [0.15, 0.2) is 42.6 Å². The van der Waals surface area contributed by atoms with Crippen molar-refractivity contribution in [3.8, 4) is 11.6 Å². The van der Waals surface area contributed by atoms with Gasteiger partial charge in [-0.25, -0.2) is 9.78 Å². The van der Waals surface area contributed by atoms with E-state index in [1.165, 1.54) is 0 Å². The van der Waals surface area contributed by atoms with Crippen molar-refractivity contribution in [2.75, 3.05) is 25.5 Å². The van der Waals surface area contributed by atoms with Crippen molar-refractivity contribution in [2.45, 2.75) is 26.9 Å². The summed E-state index contributed by atoms with van der Waals surface area (Å²) in [7, 11) is 1.72. The lowest BCUT2D eigenvalue weighted by molar-refractivity contribution is 0.206. The molecule has 0 aliphatic rings. The van der Waals surface area contributed by atoms with Gasteiger partial charge in [0.25, 0.3) is 0 Å². The van der Waals surface area contributed by atoms with E-state index in [-0.39, 0.29) is 12.1 Å². The number of rotatable bonds is 7. The lowest BCUT2D eigenvalue weighted by Crippen LogP contribution is -2.34. The predicted octanol–water partition coefficient (Wildman–Crippen LogP) is 3.72. The SMILES string of the molecule is Cc1ccccc1OCCN(C)C(=O)Nc1cccnc1OC(C)C. The Kier molecular flexibility index (Phi) is 6.62. The van der Waals surface area contributed by atoms with Gasteiger partial charge >= 0.3 is 6.03 Å². The molecule has 0 unspecified atom stereocenters. The largest absolute Gasteiger partial charge is 0.491 e. The number of carbonyl (C=O) groups is 1. The highest BCUT2D eigenvalue weighted by Crippen LogP contribution is 2.22. The number of carbonyl (C=O) groups excluding carboxylic acids is 1. The van der Waals surface area contributed by atoms with Crippen LogP contribution in [0.2, 0.25) is 0 Å². The highest BCUT2D eigenvalue weighted by atomic mass is 16.5. The second-order valence-electron chi connectivity index (χ2n) is 5.99. The smallest absolute Gasteiger partial charge is 0.321 e. The Morgan fingerprint density at radius 2 is 2.00 bits per heavy atom. The number of benzene rings is 1. The Hall–Kier alpha value is -2.76. The van der Waals surface area contributed by atoms with E-state index in [2.05, 4.69) is 10.3 Å². The van der Waals surface area contributed by atoms with E-state index in [9.17, 15) is 4.79 Å². The molecule has 0 atom stereocenters. The number of likely N-dealkylation sites (N-methyl/N-ethyl adjacent to an activating group) is 1. The molecule has 0 saturated carbocycles. The third-order valence-electron chi connectivity index (χ3n) is 3.48. The maximum atomic E-state index is 12.3. The molecule has 1 aromatic heterocycles. The topological polar surface area (TPSA) is 63.7 Å². The molecule has 0 bridgehead atoms. The first-order valence-corrected chi connectivity index (χ1v) is 8.29. The van der Waals surface area contributed by atoms with Crippen LogP contribution in [-0.4, -0.2) is 42.2 Å². The van der Waals surface area contributed by atoms with Gasteiger partial charge in [-0.15, -0.1) is 0 Å². The quantitative estimate of drug-likeness (QED) is 0.832. The van der Waals surface area contributed by atoms with Crippen LogP contribution in [0, 0.1) is 6.92 Å². The second kappa shape index (κ2) is 8.92. The zero-order valence-corrected chi connectivity index (χ0v) is 15.2. The summed E-state index contributed by atoms with van der Waals surface area (Å²) in [5.74, 6) is 1.24. The summed E-state index contributed by atoms with van der Waals surface area (Å²) in [6.45, 7) is 6.69. The Morgan fingerprint density at radius 1 is 1.24 bits per heavy atom. The van der Waals surface area contributed by atoms with Gasteiger partial charge in [-0.2, -0.15) is 0 Å². The summed E-state index contributed by atoms with van der Waals surface area (Å²) >= 11 is 0. The number of pyridine rings is 1. The van der Waals surface area contributed by atoms with Gasteiger partial charge in [0.1, 0.15) is 18.0 Å². The Morgan fingerprint density at radius 3 is 2.72 bits per heavy atom. The summed E-state index contributed by atoms with van der Waals surface area (Å²) in [5.41, 5.74) is 1.62. The number of para-hydroxylation sites is 1. The molecule has 0 fully saturated rings. The number of hydrogen-bond acceptors (Lipinski definition) is 4. The maximum absolute atomic E-state index is 12.3. The number of hydrogen-bond donors (Lipinski definition) is 1. The lowest BCUT2D eigenvalue weighted by Gasteiger charge is -2.20. The first-order valence-electron chi connectivity index (χ1n) is 8.29. The van der Waals surface area contributed by atoms with Gasteiger partial charge in [-0.1, -0.05) is 18.2 Å². The average Bonchev–Trinajstić information content (AvgIpc) is 2.57. The van der Waals surface area contributed by atoms with Gasteiger partial charge in [0.05, 0.1) is 12.6 Å². The van der Waals surface area contributed by atoms with Gasteiger partial charge in [0.2, 0.25) is 5.88 Å². The van der Waals surface area contributed by atoms with Crippen molar-refractivity contribution in [1.82, 2.24) is 9.88 Å². The number of nitrogens with one attached hydrogen (secondary N) is 1. The summed E-state index contributed by atoms with van der Waals surface area (Å²) in [5, 5.41) is 2.82. The van der Waals surface area contributed by atoms with Crippen molar-refractivity contribution < 1.29 is 14.3 Å². The van der Waals surface area contributed by atoms with Crippen molar-refractivity contribution in [1.29, 1.82) is 0 Å². The number of nitrogens with zero attached hydrogens (tertiary/aromatic N) is 2. The van der Waals surface area contributed by atoms with Crippen LogP contribution in [0.4, 0.5) is 10.5 Å². The molecule has 0 aliphatic carbocycles. The number of ether oxygens (including phenoxy) is 2. The minimum atomic E-state index is -0.241. The Bertz CT molecular complexity index is 704. The average molecular weight is 343 g/mol. The molecule has 0 aliphatic heterocycles. The van der Waals surface area contributed by atoms with Gasteiger partial charge in [0, 0.05) is 13.2 Å². The maximum Gasteiger partial charge on any atom is 0.321 e. The molecule has 0 saturated heterocycles. The molecule has 1 N–H and O–H groups in total. The number of aryl methyl sites for hydroxylation is 1. The second-order valence-corrected chi connectivity index (χ2v) is 5.99. The molecule has 1 aromatic carbocycles. The minimum absolute atomic E-state index is 0.0224. The van der Waals surface area contributed by atoms with Crippen LogP contribution < -0.4 is 14.8 Å². The van der Waals surface area contributed by atoms with Crippen LogP contribution in [0.1, 0.15) is 19.4 Å². The van der Waals surface area contributed by atoms with E-state index in [1.807, 2.05) is 45.0 Å². The minimum Gasteiger partial charge on any atom is -0.491 e. The fourth-order valence-electron chi connectivity index (χ4n) is 2.13.